The van der Waals surface area contributed by atoms with Crippen molar-refractivity contribution in [2.45, 2.75) is 32.7 Å². The first-order chi connectivity index (χ1) is 13.5. The van der Waals surface area contributed by atoms with Crippen LogP contribution >= 0.6 is 0 Å². The van der Waals surface area contributed by atoms with Gasteiger partial charge in [0.2, 0.25) is 0 Å². The molecular formula is C22H27N3O3. The molecule has 0 aromatic heterocycles. The molecule has 6 heteroatoms. The number of nitrogens with one attached hydrogen (secondary N) is 1. The maximum Gasteiger partial charge on any atom is 0.273 e. The highest BCUT2D eigenvalue weighted by atomic mass is 16.6. The highest BCUT2D eigenvalue weighted by Crippen LogP contribution is 2.27. The number of carbonyl (C=O) groups is 1. The van der Waals surface area contributed by atoms with Gasteiger partial charge in [0, 0.05) is 23.7 Å². The smallest absolute Gasteiger partial charge is 0.273 e. The second-order valence-electron chi connectivity index (χ2n) is 7.56. The van der Waals surface area contributed by atoms with Gasteiger partial charge in [0.25, 0.3) is 11.6 Å². The Labute approximate surface area is 165 Å². The van der Waals surface area contributed by atoms with E-state index >= 15 is 0 Å². The largest absolute Gasteiger partial charge is 0.350 e. The molecule has 0 radical (unpaired) electrons. The van der Waals surface area contributed by atoms with E-state index in [9.17, 15) is 14.9 Å². The molecule has 148 valence electrons. The van der Waals surface area contributed by atoms with E-state index in [1.54, 1.807) is 19.1 Å². The lowest BCUT2D eigenvalue weighted by Crippen LogP contribution is -2.42. The molecule has 1 N–H and O–H groups in total. The molecule has 1 heterocycles. The first-order valence-electron chi connectivity index (χ1n) is 9.78. The van der Waals surface area contributed by atoms with Crippen molar-refractivity contribution in [2.75, 3.05) is 19.6 Å². The van der Waals surface area contributed by atoms with E-state index in [1.807, 2.05) is 18.2 Å². The molecule has 0 aliphatic carbocycles. The number of nitro groups is 1. The Balaban J connectivity index is 1.76. The summed E-state index contributed by atoms with van der Waals surface area (Å²) in [6.07, 6.45) is 2.31. The molecule has 1 aliphatic rings. The van der Waals surface area contributed by atoms with Crippen LogP contribution in [-0.4, -0.2) is 35.4 Å². The second-order valence-corrected chi connectivity index (χ2v) is 7.56. The van der Waals surface area contributed by atoms with Gasteiger partial charge in [-0.1, -0.05) is 43.3 Å². The summed E-state index contributed by atoms with van der Waals surface area (Å²) in [5.41, 5.74) is 1.90. The van der Waals surface area contributed by atoms with Crippen molar-refractivity contribution in [3.63, 3.8) is 0 Å². The average Bonchev–Trinajstić information content (AvgIpc) is 2.70. The normalized spacial score (nSPS) is 16.5. The first kappa shape index (κ1) is 20.0. The second kappa shape index (κ2) is 8.97. The van der Waals surface area contributed by atoms with Crippen LogP contribution in [0.1, 0.15) is 47.3 Å². The Morgan fingerprint density at radius 3 is 2.50 bits per heavy atom. The molecule has 1 amide bonds. The van der Waals surface area contributed by atoms with E-state index in [4.69, 9.17) is 0 Å². The average molecular weight is 381 g/mol. The lowest BCUT2D eigenvalue weighted by Gasteiger charge is -2.37. The third-order valence-electron chi connectivity index (χ3n) is 5.65. The zero-order valence-electron chi connectivity index (χ0n) is 16.4. The number of benzene rings is 2. The van der Waals surface area contributed by atoms with Crippen LogP contribution in [0.25, 0.3) is 0 Å². The van der Waals surface area contributed by atoms with Crippen LogP contribution in [0.2, 0.25) is 0 Å². The monoisotopic (exact) mass is 381 g/mol. The Morgan fingerprint density at radius 2 is 1.86 bits per heavy atom. The summed E-state index contributed by atoms with van der Waals surface area (Å²) in [4.78, 5) is 25.9. The third kappa shape index (κ3) is 4.57. The summed E-state index contributed by atoms with van der Waals surface area (Å²) >= 11 is 0. The lowest BCUT2D eigenvalue weighted by atomic mass is 9.95. The molecule has 1 fully saturated rings. The van der Waals surface area contributed by atoms with Gasteiger partial charge in [-0.2, -0.15) is 0 Å². The minimum Gasteiger partial charge on any atom is -0.350 e. The third-order valence-corrected chi connectivity index (χ3v) is 5.65. The molecule has 2 aromatic carbocycles. The van der Waals surface area contributed by atoms with Gasteiger partial charge in [-0.3, -0.25) is 19.8 Å². The number of carbonyl (C=O) groups excluding carboxylic acids is 1. The van der Waals surface area contributed by atoms with E-state index < -0.39 is 4.92 Å². The fourth-order valence-electron chi connectivity index (χ4n) is 3.83. The highest BCUT2D eigenvalue weighted by molar-refractivity contribution is 5.96. The zero-order chi connectivity index (χ0) is 20.1. The topological polar surface area (TPSA) is 75.5 Å². The molecule has 3 rings (SSSR count). The molecule has 0 saturated carbocycles. The van der Waals surface area contributed by atoms with Crippen LogP contribution in [0, 0.1) is 23.0 Å². The van der Waals surface area contributed by atoms with Crippen LogP contribution in [0.3, 0.4) is 0 Å². The van der Waals surface area contributed by atoms with Gasteiger partial charge < -0.3 is 5.32 Å². The van der Waals surface area contributed by atoms with Crippen LogP contribution in [0.15, 0.2) is 48.5 Å². The molecule has 28 heavy (non-hydrogen) atoms. The van der Waals surface area contributed by atoms with E-state index in [2.05, 4.69) is 29.3 Å². The molecule has 0 spiro atoms. The standard InChI is InChI=1S/C22H27N3O3/c1-16-11-13-24(14-12-16)21(18-7-4-3-5-8-18)15-23-22(26)19-9-6-10-20(17(19)2)25(27)28/h3-10,16,21H,11-15H2,1-2H3,(H,23,26). The Morgan fingerprint density at radius 1 is 1.18 bits per heavy atom. The van der Waals surface area contributed by atoms with E-state index in [1.165, 1.54) is 11.6 Å². The van der Waals surface area contributed by atoms with Gasteiger partial charge in [0.05, 0.1) is 11.0 Å². The minimum atomic E-state index is -0.451. The van der Waals surface area contributed by atoms with E-state index in [0.29, 0.717) is 17.7 Å². The Bertz CT molecular complexity index is 830. The highest BCUT2D eigenvalue weighted by Gasteiger charge is 2.26. The van der Waals surface area contributed by atoms with Crippen molar-refractivity contribution < 1.29 is 9.72 Å². The summed E-state index contributed by atoms with van der Waals surface area (Å²) in [5.74, 6) is 0.460. The number of nitro benzene ring substituents is 1. The molecule has 1 saturated heterocycles. The lowest BCUT2D eigenvalue weighted by molar-refractivity contribution is -0.385. The maximum absolute atomic E-state index is 12.8. The SMILES string of the molecule is Cc1c(C(=O)NCC(c2ccccc2)N2CCC(C)CC2)cccc1[N+](=O)[O-]. The summed E-state index contributed by atoms with van der Waals surface area (Å²) in [6.45, 7) is 6.38. The molecule has 2 aromatic rings. The molecule has 1 aliphatic heterocycles. The number of nitrogens with zero attached hydrogens (tertiary/aromatic N) is 2. The van der Waals surface area contributed by atoms with Crippen molar-refractivity contribution in [1.29, 1.82) is 0 Å². The summed E-state index contributed by atoms with van der Waals surface area (Å²) in [6, 6.07) is 14.9. The summed E-state index contributed by atoms with van der Waals surface area (Å²) < 4.78 is 0. The number of hydrogen-bond acceptors (Lipinski definition) is 4. The number of hydrogen-bond donors (Lipinski definition) is 1. The van der Waals surface area contributed by atoms with Crippen LogP contribution in [0.5, 0.6) is 0 Å². The molecule has 6 nitrogen and oxygen atoms in total. The van der Waals surface area contributed by atoms with Gasteiger partial charge >= 0.3 is 0 Å². The maximum atomic E-state index is 12.8. The minimum absolute atomic E-state index is 0.0303. The number of piperidine rings is 1. The molecule has 0 bridgehead atoms. The number of amides is 1. The van der Waals surface area contributed by atoms with Crippen molar-refractivity contribution in [3.05, 3.63) is 75.3 Å². The number of rotatable bonds is 6. The van der Waals surface area contributed by atoms with Crippen molar-refractivity contribution in [1.82, 2.24) is 10.2 Å². The predicted molar refractivity (Wildman–Crippen MR) is 109 cm³/mol. The van der Waals surface area contributed by atoms with Gasteiger partial charge in [-0.15, -0.1) is 0 Å². The van der Waals surface area contributed by atoms with Crippen LogP contribution < -0.4 is 5.32 Å². The summed E-state index contributed by atoms with van der Waals surface area (Å²) in [5, 5.41) is 14.2. The summed E-state index contributed by atoms with van der Waals surface area (Å²) in [7, 11) is 0. The van der Waals surface area contributed by atoms with E-state index in [-0.39, 0.29) is 17.6 Å². The predicted octanol–water partition coefficient (Wildman–Crippen LogP) is 4.11. The van der Waals surface area contributed by atoms with Gasteiger partial charge in [0.1, 0.15) is 0 Å². The quantitative estimate of drug-likeness (QED) is 0.604. The Kier molecular flexibility index (Phi) is 6.41. The fraction of sp³-hybridized carbons (Fsp3) is 0.409. The first-order valence-corrected chi connectivity index (χ1v) is 9.78. The molecular weight excluding hydrogens is 354 g/mol. The van der Waals surface area contributed by atoms with Crippen LogP contribution in [-0.2, 0) is 0 Å². The molecule has 1 atom stereocenters. The zero-order valence-corrected chi connectivity index (χ0v) is 16.4. The van der Waals surface area contributed by atoms with Gasteiger partial charge in [-0.25, -0.2) is 0 Å². The number of likely N-dealkylation sites (tertiary alicyclic amines) is 1. The van der Waals surface area contributed by atoms with Crippen LogP contribution in [0.4, 0.5) is 5.69 Å². The van der Waals surface area contributed by atoms with Crippen molar-refractivity contribution in [2.24, 2.45) is 5.92 Å². The van der Waals surface area contributed by atoms with Gasteiger partial charge in [0.15, 0.2) is 0 Å². The molecule has 1 unspecified atom stereocenters. The van der Waals surface area contributed by atoms with Crippen molar-refractivity contribution >= 4 is 11.6 Å². The van der Waals surface area contributed by atoms with E-state index in [0.717, 1.165) is 31.8 Å². The Hall–Kier alpha value is -2.73. The van der Waals surface area contributed by atoms with Crippen molar-refractivity contribution in [3.8, 4) is 0 Å². The fourth-order valence-corrected chi connectivity index (χ4v) is 3.83. The van der Waals surface area contributed by atoms with Gasteiger partial charge in [-0.05, 0) is 50.4 Å².